The minimum Gasteiger partial charge on any atom is -0.497 e. The van der Waals surface area contributed by atoms with Crippen molar-refractivity contribution in [3.05, 3.63) is 53.6 Å². The van der Waals surface area contributed by atoms with Crippen LogP contribution in [0.5, 0.6) is 11.5 Å². The molecule has 0 bridgehead atoms. The van der Waals surface area contributed by atoms with Crippen molar-refractivity contribution in [3.63, 3.8) is 0 Å². The van der Waals surface area contributed by atoms with Crippen LogP contribution in [0.2, 0.25) is 0 Å². The smallest absolute Gasteiger partial charge is 0.338 e. The van der Waals surface area contributed by atoms with Crippen molar-refractivity contribution < 1.29 is 23.8 Å². The second kappa shape index (κ2) is 7.31. The van der Waals surface area contributed by atoms with Crippen molar-refractivity contribution in [2.75, 3.05) is 26.6 Å². The topological polar surface area (TPSA) is 87.8 Å². The molecule has 6 heteroatoms. The van der Waals surface area contributed by atoms with Crippen LogP contribution in [0.1, 0.15) is 20.7 Å². The molecule has 120 valence electrons. The molecule has 0 saturated carbocycles. The highest BCUT2D eigenvalue weighted by atomic mass is 16.5. The largest absolute Gasteiger partial charge is 0.497 e. The van der Waals surface area contributed by atoms with Crippen LogP contribution in [0, 0.1) is 0 Å². The lowest BCUT2D eigenvalue weighted by Crippen LogP contribution is -2.14. The highest BCUT2D eigenvalue weighted by Crippen LogP contribution is 2.22. The Bertz CT molecular complexity index is 709. The molecule has 2 rings (SSSR count). The van der Waals surface area contributed by atoms with Gasteiger partial charge in [-0.3, -0.25) is 4.79 Å². The first-order valence-electron chi connectivity index (χ1n) is 6.83. The van der Waals surface area contributed by atoms with E-state index < -0.39 is 5.97 Å². The van der Waals surface area contributed by atoms with E-state index in [9.17, 15) is 9.59 Å². The summed E-state index contributed by atoms with van der Waals surface area (Å²) in [5, 5.41) is 0. The molecular formula is C17H17NO5. The molecular weight excluding hydrogens is 298 g/mol. The van der Waals surface area contributed by atoms with Crippen LogP contribution < -0.4 is 15.2 Å². The van der Waals surface area contributed by atoms with Crippen molar-refractivity contribution in [2.45, 2.75) is 0 Å². The molecule has 23 heavy (non-hydrogen) atoms. The summed E-state index contributed by atoms with van der Waals surface area (Å²) in [6, 6.07) is 11.1. The summed E-state index contributed by atoms with van der Waals surface area (Å²) in [6.45, 7) is -0.350. The molecule has 0 aromatic heterocycles. The summed E-state index contributed by atoms with van der Waals surface area (Å²) in [7, 11) is 3.02. The molecule has 0 radical (unpaired) electrons. The molecule has 0 fully saturated rings. The summed E-state index contributed by atoms with van der Waals surface area (Å²) in [6.07, 6.45) is 0. The normalized spacial score (nSPS) is 10.0. The maximum absolute atomic E-state index is 12.0. The highest BCUT2D eigenvalue weighted by Gasteiger charge is 2.13. The van der Waals surface area contributed by atoms with E-state index in [1.54, 1.807) is 37.4 Å². The fourth-order valence-corrected chi connectivity index (χ4v) is 1.94. The molecule has 6 nitrogen and oxygen atoms in total. The first kappa shape index (κ1) is 16.4. The lowest BCUT2D eigenvalue weighted by molar-refractivity contribution is 0.0475. The summed E-state index contributed by atoms with van der Waals surface area (Å²) >= 11 is 0. The summed E-state index contributed by atoms with van der Waals surface area (Å²) in [4.78, 5) is 23.9. The zero-order chi connectivity index (χ0) is 16.8. The van der Waals surface area contributed by atoms with E-state index in [1.807, 2.05) is 0 Å². The standard InChI is InChI=1S/C17H17NO5/c1-21-13-6-3-11(4-7-13)15(19)10-23-17(20)12-5-8-16(22-2)14(18)9-12/h3-9H,10,18H2,1-2H3. The van der Waals surface area contributed by atoms with Crippen LogP contribution in [0.15, 0.2) is 42.5 Å². The number of carbonyl (C=O) groups is 2. The molecule has 0 unspecified atom stereocenters. The predicted octanol–water partition coefficient (Wildman–Crippen LogP) is 2.33. The predicted molar refractivity (Wildman–Crippen MR) is 85.0 cm³/mol. The fraction of sp³-hybridized carbons (Fsp3) is 0.176. The number of anilines is 1. The van der Waals surface area contributed by atoms with Gasteiger partial charge in [0.25, 0.3) is 0 Å². The molecule has 0 saturated heterocycles. The average Bonchev–Trinajstić information content (AvgIpc) is 2.59. The molecule has 2 aromatic rings. The second-order valence-corrected chi connectivity index (χ2v) is 4.68. The molecule has 0 atom stereocenters. The minimum absolute atomic E-state index is 0.255. The van der Waals surface area contributed by atoms with Crippen molar-refractivity contribution >= 4 is 17.4 Å². The number of carbonyl (C=O) groups excluding carboxylic acids is 2. The molecule has 2 N–H and O–H groups in total. The highest BCUT2D eigenvalue weighted by molar-refractivity contribution is 5.99. The molecule has 0 spiro atoms. The van der Waals surface area contributed by atoms with Gasteiger partial charge in [0.05, 0.1) is 25.5 Å². The number of nitrogens with two attached hydrogens (primary N) is 1. The van der Waals surface area contributed by atoms with Gasteiger partial charge in [-0.2, -0.15) is 0 Å². The maximum atomic E-state index is 12.0. The van der Waals surface area contributed by atoms with E-state index >= 15 is 0 Å². The average molecular weight is 315 g/mol. The number of methoxy groups -OCH3 is 2. The second-order valence-electron chi connectivity index (χ2n) is 4.68. The Kier molecular flexibility index (Phi) is 5.19. The van der Waals surface area contributed by atoms with Crippen LogP contribution in [-0.4, -0.2) is 32.6 Å². The van der Waals surface area contributed by atoms with E-state index in [0.29, 0.717) is 22.7 Å². The zero-order valence-electron chi connectivity index (χ0n) is 12.9. The third kappa shape index (κ3) is 4.00. The van der Waals surface area contributed by atoms with Crippen LogP contribution in [-0.2, 0) is 4.74 Å². The van der Waals surface area contributed by atoms with Crippen molar-refractivity contribution in [2.24, 2.45) is 0 Å². The van der Waals surface area contributed by atoms with Crippen molar-refractivity contribution in [3.8, 4) is 11.5 Å². The van der Waals surface area contributed by atoms with Gasteiger partial charge >= 0.3 is 5.97 Å². The lowest BCUT2D eigenvalue weighted by Gasteiger charge is -2.08. The Hall–Kier alpha value is -3.02. The molecule has 0 amide bonds. The fourth-order valence-electron chi connectivity index (χ4n) is 1.94. The summed E-state index contributed by atoms with van der Waals surface area (Å²) < 4.78 is 15.0. The van der Waals surface area contributed by atoms with E-state index in [4.69, 9.17) is 19.9 Å². The van der Waals surface area contributed by atoms with E-state index in [2.05, 4.69) is 0 Å². The number of ether oxygens (including phenoxy) is 3. The van der Waals surface area contributed by atoms with E-state index in [0.717, 1.165) is 0 Å². The van der Waals surface area contributed by atoms with Gasteiger partial charge in [0, 0.05) is 5.56 Å². The first-order chi connectivity index (χ1) is 11.0. The third-order valence-corrected chi connectivity index (χ3v) is 3.21. The van der Waals surface area contributed by atoms with Crippen LogP contribution >= 0.6 is 0 Å². The zero-order valence-corrected chi connectivity index (χ0v) is 12.9. The van der Waals surface area contributed by atoms with Crippen molar-refractivity contribution in [1.82, 2.24) is 0 Å². The number of nitrogen functional groups attached to an aromatic ring is 1. The SMILES string of the molecule is COc1ccc(C(=O)COC(=O)c2ccc(OC)c(N)c2)cc1. The van der Waals surface area contributed by atoms with Gasteiger partial charge in [0.15, 0.2) is 12.4 Å². The molecule has 2 aromatic carbocycles. The number of Topliss-reactive ketones (excluding diaryl/α,β-unsaturated/α-hetero) is 1. The van der Waals surface area contributed by atoms with Gasteiger partial charge < -0.3 is 19.9 Å². The van der Waals surface area contributed by atoms with Gasteiger partial charge in [-0.1, -0.05) is 0 Å². The van der Waals surface area contributed by atoms with Crippen LogP contribution in [0.3, 0.4) is 0 Å². The Morgan fingerprint density at radius 3 is 2.17 bits per heavy atom. The summed E-state index contributed by atoms with van der Waals surface area (Å²) in [5.74, 6) is 0.187. The van der Waals surface area contributed by atoms with Crippen LogP contribution in [0.4, 0.5) is 5.69 Å². The maximum Gasteiger partial charge on any atom is 0.338 e. The summed E-state index contributed by atoms with van der Waals surface area (Å²) in [5.41, 5.74) is 6.75. The monoisotopic (exact) mass is 315 g/mol. The number of ketones is 1. The molecule has 0 aliphatic rings. The molecule has 0 aliphatic heterocycles. The number of rotatable bonds is 6. The Morgan fingerprint density at radius 2 is 1.61 bits per heavy atom. The Morgan fingerprint density at radius 1 is 0.957 bits per heavy atom. The third-order valence-electron chi connectivity index (χ3n) is 3.21. The number of hydrogen-bond donors (Lipinski definition) is 1. The van der Waals surface area contributed by atoms with E-state index in [-0.39, 0.29) is 18.0 Å². The van der Waals surface area contributed by atoms with Crippen molar-refractivity contribution in [1.29, 1.82) is 0 Å². The molecule has 0 heterocycles. The molecule has 0 aliphatic carbocycles. The van der Waals surface area contributed by atoms with E-state index in [1.165, 1.54) is 19.2 Å². The van der Waals surface area contributed by atoms with Gasteiger partial charge in [0.2, 0.25) is 0 Å². The Balaban J connectivity index is 1.97. The first-order valence-corrected chi connectivity index (χ1v) is 6.83. The van der Waals surface area contributed by atoms with Gasteiger partial charge in [-0.25, -0.2) is 4.79 Å². The quantitative estimate of drug-likeness (QED) is 0.500. The van der Waals surface area contributed by atoms with Gasteiger partial charge in [-0.15, -0.1) is 0 Å². The minimum atomic E-state index is -0.624. The Labute approximate surface area is 133 Å². The lowest BCUT2D eigenvalue weighted by atomic mass is 10.1. The number of hydrogen-bond acceptors (Lipinski definition) is 6. The van der Waals surface area contributed by atoms with Gasteiger partial charge in [-0.05, 0) is 42.5 Å². The number of esters is 1. The number of benzene rings is 2. The van der Waals surface area contributed by atoms with Crippen LogP contribution in [0.25, 0.3) is 0 Å². The van der Waals surface area contributed by atoms with Gasteiger partial charge in [0.1, 0.15) is 11.5 Å².